The predicted octanol–water partition coefficient (Wildman–Crippen LogP) is 6.44. The van der Waals surface area contributed by atoms with Gasteiger partial charge in [-0.15, -0.1) is 23.7 Å². The lowest BCUT2D eigenvalue weighted by Gasteiger charge is -2.19. The van der Waals surface area contributed by atoms with Gasteiger partial charge in [0.25, 0.3) is 5.91 Å². The first-order chi connectivity index (χ1) is 13.5. The summed E-state index contributed by atoms with van der Waals surface area (Å²) in [6, 6.07) is 7.54. The second-order valence-electron chi connectivity index (χ2n) is 6.28. The fourth-order valence-electron chi connectivity index (χ4n) is 2.93. The lowest BCUT2D eigenvalue weighted by atomic mass is 10.2. The molecular weight excluding hydrogens is 515 g/mol. The number of thiophene rings is 1. The molecule has 0 saturated heterocycles. The number of hydrogen-bond donors (Lipinski definition) is 0. The van der Waals surface area contributed by atoms with E-state index in [9.17, 15) is 4.79 Å². The van der Waals surface area contributed by atoms with Gasteiger partial charge in [0.1, 0.15) is 0 Å². The van der Waals surface area contributed by atoms with Crippen molar-refractivity contribution in [3.8, 4) is 0 Å². The summed E-state index contributed by atoms with van der Waals surface area (Å²) < 4.78 is 3.92. The molecule has 3 aromatic heterocycles. The number of nitrogens with zero attached hydrogens (tertiary/aromatic N) is 4. The molecule has 0 spiro atoms. The minimum atomic E-state index is -0.0378. The van der Waals surface area contributed by atoms with E-state index in [1.165, 1.54) is 22.7 Å². The van der Waals surface area contributed by atoms with Crippen molar-refractivity contribution in [2.45, 2.75) is 19.9 Å². The Bertz CT molecular complexity index is 1130. The van der Waals surface area contributed by atoms with Crippen LogP contribution in [0.1, 0.15) is 21.7 Å². The molecule has 152 valence electrons. The van der Waals surface area contributed by atoms with Crippen LogP contribution in [-0.4, -0.2) is 27.0 Å². The number of halogens is 3. The Morgan fingerprint density at radius 1 is 1.31 bits per heavy atom. The third kappa shape index (κ3) is 5.00. The molecule has 4 rings (SSSR count). The lowest BCUT2D eigenvalue weighted by molar-refractivity contribution is 0.0990. The summed E-state index contributed by atoms with van der Waals surface area (Å²) in [6.07, 6.45) is 6.26. The monoisotopic (exact) mass is 530 g/mol. The maximum atomic E-state index is 13.2. The molecular formula is C19H17BrCl2N4OS2. The van der Waals surface area contributed by atoms with Gasteiger partial charge in [-0.3, -0.25) is 9.69 Å². The number of imidazole rings is 1. The number of aryl methyl sites for hydroxylation is 2. The standard InChI is InChI=1S/C19H16BrClN4OS2.ClH/c1-12-9-13(21)10-15-17(12)23-19(28-15)25(7-2-6-24-8-5-22-11-24)18(26)14-3-4-16(20)27-14;/h3-5,8-11H,2,6-7H2,1H3;1H. The Labute approximate surface area is 195 Å². The molecule has 0 saturated carbocycles. The molecule has 29 heavy (non-hydrogen) atoms. The van der Waals surface area contributed by atoms with Crippen LogP contribution in [0.2, 0.25) is 5.02 Å². The second kappa shape index (κ2) is 9.57. The van der Waals surface area contributed by atoms with E-state index in [0.29, 0.717) is 21.6 Å². The molecule has 0 aliphatic carbocycles. The van der Waals surface area contributed by atoms with Gasteiger partial charge in [-0.05, 0) is 59.1 Å². The van der Waals surface area contributed by atoms with Crippen molar-refractivity contribution < 1.29 is 4.79 Å². The van der Waals surface area contributed by atoms with Gasteiger partial charge in [0.15, 0.2) is 5.13 Å². The Morgan fingerprint density at radius 2 is 2.14 bits per heavy atom. The van der Waals surface area contributed by atoms with Crippen molar-refractivity contribution in [3.63, 3.8) is 0 Å². The summed E-state index contributed by atoms with van der Waals surface area (Å²) >= 11 is 12.6. The number of rotatable bonds is 6. The van der Waals surface area contributed by atoms with Gasteiger partial charge >= 0.3 is 0 Å². The van der Waals surface area contributed by atoms with Gasteiger partial charge in [0, 0.05) is 30.5 Å². The third-order valence-electron chi connectivity index (χ3n) is 4.26. The lowest BCUT2D eigenvalue weighted by Crippen LogP contribution is -2.31. The first kappa shape index (κ1) is 22.2. The van der Waals surface area contributed by atoms with Crippen molar-refractivity contribution in [1.82, 2.24) is 14.5 Å². The van der Waals surface area contributed by atoms with Gasteiger partial charge in [-0.25, -0.2) is 9.97 Å². The van der Waals surface area contributed by atoms with Crippen molar-refractivity contribution in [3.05, 3.63) is 62.2 Å². The average Bonchev–Trinajstić information content (AvgIpc) is 3.38. The summed E-state index contributed by atoms with van der Waals surface area (Å²) in [4.78, 5) is 24.5. The fraction of sp³-hybridized carbons (Fsp3) is 0.211. The molecule has 5 nitrogen and oxygen atoms in total. The van der Waals surface area contributed by atoms with Crippen LogP contribution in [0.5, 0.6) is 0 Å². The Morgan fingerprint density at radius 3 is 2.83 bits per heavy atom. The molecule has 0 N–H and O–H groups in total. The van der Waals surface area contributed by atoms with E-state index in [1.807, 2.05) is 42.0 Å². The van der Waals surface area contributed by atoms with E-state index < -0.39 is 0 Å². The summed E-state index contributed by atoms with van der Waals surface area (Å²) in [5.41, 5.74) is 1.90. The van der Waals surface area contributed by atoms with E-state index in [1.54, 1.807) is 17.4 Å². The van der Waals surface area contributed by atoms with Crippen LogP contribution >= 0.6 is 62.6 Å². The van der Waals surface area contributed by atoms with Gasteiger partial charge in [0.2, 0.25) is 0 Å². The number of carbonyl (C=O) groups is 1. The van der Waals surface area contributed by atoms with E-state index in [2.05, 4.69) is 20.9 Å². The molecule has 0 atom stereocenters. The summed E-state index contributed by atoms with van der Waals surface area (Å²) in [7, 11) is 0. The quantitative estimate of drug-likeness (QED) is 0.287. The molecule has 0 radical (unpaired) electrons. The van der Waals surface area contributed by atoms with Crippen LogP contribution in [0.4, 0.5) is 5.13 Å². The molecule has 1 aromatic carbocycles. The minimum Gasteiger partial charge on any atom is -0.337 e. The highest BCUT2D eigenvalue weighted by atomic mass is 79.9. The number of carbonyl (C=O) groups excluding carboxylic acids is 1. The predicted molar refractivity (Wildman–Crippen MR) is 127 cm³/mol. The van der Waals surface area contributed by atoms with Gasteiger partial charge < -0.3 is 4.57 Å². The molecule has 0 aliphatic rings. The van der Waals surface area contributed by atoms with Gasteiger partial charge in [-0.2, -0.15) is 0 Å². The summed E-state index contributed by atoms with van der Waals surface area (Å²) in [5, 5.41) is 1.38. The summed E-state index contributed by atoms with van der Waals surface area (Å²) in [5.74, 6) is -0.0378. The first-order valence-electron chi connectivity index (χ1n) is 8.61. The topological polar surface area (TPSA) is 51.0 Å². The van der Waals surface area contributed by atoms with Crippen molar-refractivity contribution in [1.29, 1.82) is 0 Å². The van der Waals surface area contributed by atoms with E-state index in [0.717, 1.165) is 32.5 Å². The zero-order chi connectivity index (χ0) is 19.7. The fourth-order valence-corrected chi connectivity index (χ4v) is 5.71. The Balaban J connectivity index is 0.00000240. The number of anilines is 1. The first-order valence-corrected chi connectivity index (χ1v) is 11.4. The maximum Gasteiger partial charge on any atom is 0.270 e. The van der Waals surface area contributed by atoms with Crippen molar-refractivity contribution >= 4 is 83.9 Å². The molecule has 0 unspecified atom stereocenters. The number of benzene rings is 1. The van der Waals surface area contributed by atoms with E-state index >= 15 is 0 Å². The Kier molecular flexibility index (Phi) is 7.34. The number of thiazole rings is 1. The average molecular weight is 532 g/mol. The van der Waals surface area contributed by atoms with Crippen molar-refractivity contribution in [2.24, 2.45) is 0 Å². The molecule has 3 heterocycles. The number of fused-ring (bicyclic) bond motifs is 1. The molecule has 4 aromatic rings. The van der Waals surface area contributed by atoms with Crippen LogP contribution in [0.25, 0.3) is 10.2 Å². The highest BCUT2D eigenvalue weighted by Gasteiger charge is 2.23. The Hall–Kier alpha value is -1.45. The normalized spacial score (nSPS) is 10.9. The molecule has 1 amide bonds. The van der Waals surface area contributed by atoms with E-state index in [-0.39, 0.29) is 18.3 Å². The zero-order valence-corrected chi connectivity index (χ0v) is 20.1. The molecule has 0 bridgehead atoms. The van der Waals surface area contributed by atoms with Crippen molar-refractivity contribution in [2.75, 3.05) is 11.4 Å². The number of aromatic nitrogens is 3. The SMILES string of the molecule is Cc1cc(Cl)cc2sc(N(CCCn3ccnc3)C(=O)c3ccc(Br)s3)nc12.Cl. The van der Waals surface area contributed by atoms with Gasteiger partial charge in [-0.1, -0.05) is 22.9 Å². The van der Waals surface area contributed by atoms with Crippen LogP contribution < -0.4 is 4.90 Å². The molecule has 10 heteroatoms. The van der Waals surface area contributed by atoms with Crippen LogP contribution in [0.15, 0.2) is 46.8 Å². The number of amides is 1. The van der Waals surface area contributed by atoms with Gasteiger partial charge in [0.05, 0.1) is 25.2 Å². The molecule has 0 fully saturated rings. The molecule has 0 aliphatic heterocycles. The smallest absolute Gasteiger partial charge is 0.270 e. The van der Waals surface area contributed by atoms with Crippen LogP contribution in [0.3, 0.4) is 0 Å². The van der Waals surface area contributed by atoms with Crippen LogP contribution in [0, 0.1) is 6.92 Å². The highest BCUT2D eigenvalue weighted by Crippen LogP contribution is 2.34. The summed E-state index contributed by atoms with van der Waals surface area (Å²) in [6.45, 7) is 3.34. The third-order valence-corrected chi connectivity index (χ3v) is 7.11. The minimum absolute atomic E-state index is 0. The number of hydrogen-bond acceptors (Lipinski definition) is 5. The second-order valence-corrected chi connectivity index (χ2v) is 10.2. The van der Waals surface area contributed by atoms with E-state index in [4.69, 9.17) is 16.6 Å². The highest BCUT2D eigenvalue weighted by molar-refractivity contribution is 9.11. The largest absolute Gasteiger partial charge is 0.337 e. The zero-order valence-electron chi connectivity index (χ0n) is 15.3. The maximum absolute atomic E-state index is 13.2. The van der Waals surface area contributed by atoms with Crippen LogP contribution in [-0.2, 0) is 6.54 Å².